The molecule has 32 heavy (non-hydrogen) atoms. The van der Waals surface area contributed by atoms with Gasteiger partial charge in [-0.1, -0.05) is 6.07 Å². The number of carbonyl (C=O) groups excluding carboxylic acids is 1. The van der Waals surface area contributed by atoms with Gasteiger partial charge in [0.05, 0.1) is 13.0 Å². The molecule has 1 aliphatic heterocycles. The fourth-order valence-corrected chi connectivity index (χ4v) is 3.97. The Morgan fingerprint density at radius 3 is 2.81 bits per heavy atom. The lowest BCUT2D eigenvalue weighted by Crippen LogP contribution is -2.39. The van der Waals surface area contributed by atoms with E-state index in [9.17, 15) is 9.18 Å². The number of amides is 1. The van der Waals surface area contributed by atoms with Crippen LogP contribution in [0.15, 0.2) is 48.8 Å². The molecule has 1 fully saturated rings. The molecule has 7 nitrogen and oxygen atoms in total. The van der Waals surface area contributed by atoms with E-state index in [0.717, 1.165) is 41.9 Å². The molecule has 1 saturated heterocycles. The fourth-order valence-electron chi connectivity index (χ4n) is 3.97. The van der Waals surface area contributed by atoms with Crippen LogP contribution in [0, 0.1) is 12.7 Å². The lowest BCUT2D eigenvalue weighted by atomic mass is 9.92. The molecule has 1 aliphatic rings. The number of nitrogens with two attached hydrogens (primary N) is 1. The van der Waals surface area contributed by atoms with E-state index >= 15 is 0 Å². The number of piperidine rings is 1. The predicted molar refractivity (Wildman–Crippen MR) is 119 cm³/mol. The molecule has 166 valence electrons. The van der Waals surface area contributed by atoms with E-state index in [1.165, 1.54) is 12.1 Å². The molecule has 3 aromatic rings. The van der Waals surface area contributed by atoms with Crippen molar-refractivity contribution < 1.29 is 13.9 Å². The quantitative estimate of drug-likeness (QED) is 0.634. The number of benzene rings is 1. The SMILES string of the molecule is Cc1cc(-c2cnc(N)nc2)cc([C@H]2CCCN(C(=O)CCOc3cccc(F)c3)C2)n1. The summed E-state index contributed by atoms with van der Waals surface area (Å²) in [5.74, 6) is 0.499. The van der Waals surface area contributed by atoms with E-state index in [1.54, 1.807) is 24.5 Å². The van der Waals surface area contributed by atoms with Gasteiger partial charge >= 0.3 is 0 Å². The number of aromatic nitrogens is 3. The molecule has 1 atom stereocenters. The van der Waals surface area contributed by atoms with E-state index in [4.69, 9.17) is 15.5 Å². The second-order valence-electron chi connectivity index (χ2n) is 7.99. The fraction of sp³-hybridized carbons (Fsp3) is 0.333. The molecule has 0 radical (unpaired) electrons. The van der Waals surface area contributed by atoms with Crippen molar-refractivity contribution >= 4 is 11.9 Å². The number of carbonyl (C=O) groups is 1. The minimum absolute atomic E-state index is 0.0333. The number of likely N-dealkylation sites (tertiary alicyclic amines) is 1. The normalized spacial score (nSPS) is 16.1. The maximum Gasteiger partial charge on any atom is 0.226 e. The zero-order valence-electron chi connectivity index (χ0n) is 18.0. The molecule has 3 heterocycles. The van der Waals surface area contributed by atoms with Gasteiger partial charge in [0.25, 0.3) is 0 Å². The number of halogens is 1. The second-order valence-corrected chi connectivity index (χ2v) is 7.99. The molecule has 0 saturated carbocycles. The number of pyridine rings is 1. The number of ether oxygens (including phenoxy) is 1. The van der Waals surface area contributed by atoms with Crippen molar-refractivity contribution in [3.63, 3.8) is 0 Å². The van der Waals surface area contributed by atoms with E-state index < -0.39 is 0 Å². The second kappa shape index (κ2) is 9.72. The summed E-state index contributed by atoms with van der Waals surface area (Å²) in [4.78, 5) is 27.5. The summed E-state index contributed by atoms with van der Waals surface area (Å²) in [5.41, 5.74) is 9.33. The van der Waals surface area contributed by atoms with Crippen molar-refractivity contribution in [3.8, 4) is 16.9 Å². The molecule has 8 heteroatoms. The number of aryl methyl sites for hydroxylation is 1. The first-order valence-electron chi connectivity index (χ1n) is 10.7. The molecule has 0 bridgehead atoms. The van der Waals surface area contributed by atoms with Gasteiger partial charge < -0.3 is 15.4 Å². The first-order valence-corrected chi connectivity index (χ1v) is 10.7. The number of nitrogen functional groups attached to an aromatic ring is 1. The summed E-state index contributed by atoms with van der Waals surface area (Å²) in [5, 5.41) is 0. The van der Waals surface area contributed by atoms with Crippen LogP contribution in [0.1, 0.15) is 36.6 Å². The van der Waals surface area contributed by atoms with Gasteiger partial charge in [-0.15, -0.1) is 0 Å². The summed E-state index contributed by atoms with van der Waals surface area (Å²) < 4.78 is 18.8. The van der Waals surface area contributed by atoms with Gasteiger partial charge in [0.2, 0.25) is 11.9 Å². The number of anilines is 1. The largest absolute Gasteiger partial charge is 0.493 e. The molecule has 1 amide bonds. The van der Waals surface area contributed by atoms with Gasteiger partial charge in [-0.25, -0.2) is 14.4 Å². The Morgan fingerprint density at radius 1 is 1.22 bits per heavy atom. The van der Waals surface area contributed by atoms with Gasteiger partial charge in [-0.2, -0.15) is 0 Å². The summed E-state index contributed by atoms with van der Waals surface area (Å²) in [6.07, 6.45) is 5.54. The number of rotatable bonds is 6. The Kier molecular flexibility index (Phi) is 6.58. The monoisotopic (exact) mass is 435 g/mol. The standard InChI is InChI=1S/C24H26FN5O2/c1-16-10-18(19-13-27-24(26)28-14-19)11-22(29-16)17-4-3-8-30(15-17)23(31)7-9-32-21-6-2-5-20(25)12-21/h2,5-6,10-14,17H,3-4,7-9,15H2,1H3,(H2,26,27,28)/t17-/m0/s1. The minimum Gasteiger partial charge on any atom is -0.493 e. The van der Waals surface area contributed by atoms with Crippen molar-refractivity contribution in [1.29, 1.82) is 0 Å². The maximum absolute atomic E-state index is 13.3. The molecule has 4 rings (SSSR count). The highest BCUT2D eigenvalue weighted by atomic mass is 19.1. The van der Waals surface area contributed by atoms with E-state index in [1.807, 2.05) is 24.0 Å². The summed E-state index contributed by atoms with van der Waals surface area (Å²) in [6.45, 7) is 3.51. The minimum atomic E-state index is -0.358. The van der Waals surface area contributed by atoms with E-state index in [2.05, 4.69) is 9.97 Å². The molecule has 0 unspecified atom stereocenters. The van der Waals surface area contributed by atoms with Crippen LogP contribution in [0.3, 0.4) is 0 Å². The first-order chi connectivity index (χ1) is 15.5. The Labute approximate surface area is 186 Å². The van der Waals surface area contributed by atoms with Crippen LogP contribution in [0.4, 0.5) is 10.3 Å². The van der Waals surface area contributed by atoms with Crippen LogP contribution in [0.2, 0.25) is 0 Å². The Balaban J connectivity index is 1.40. The smallest absolute Gasteiger partial charge is 0.226 e. The highest BCUT2D eigenvalue weighted by molar-refractivity contribution is 5.76. The molecule has 2 N–H and O–H groups in total. The van der Waals surface area contributed by atoms with Crippen LogP contribution >= 0.6 is 0 Å². The topological polar surface area (TPSA) is 94.2 Å². The summed E-state index contributed by atoms with van der Waals surface area (Å²) >= 11 is 0. The van der Waals surface area contributed by atoms with Gasteiger partial charge in [0, 0.05) is 54.4 Å². The highest BCUT2D eigenvalue weighted by Gasteiger charge is 2.26. The molecular weight excluding hydrogens is 409 g/mol. The van der Waals surface area contributed by atoms with Crippen molar-refractivity contribution in [2.75, 3.05) is 25.4 Å². The van der Waals surface area contributed by atoms with Crippen molar-refractivity contribution in [1.82, 2.24) is 19.9 Å². The first kappa shape index (κ1) is 21.7. The third-order valence-electron chi connectivity index (χ3n) is 5.55. The lowest BCUT2D eigenvalue weighted by Gasteiger charge is -2.33. The average Bonchev–Trinajstić information content (AvgIpc) is 2.79. The van der Waals surface area contributed by atoms with Crippen LogP contribution in [-0.4, -0.2) is 45.5 Å². The Morgan fingerprint density at radius 2 is 2.03 bits per heavy atom. The van der Waals surface area contributed by atoms with Crippen molar-refractivity contribution in [2.45, 2.75) is 32.1 Å². The molecule has 1 aromatic carbocycles. The Bertz CT molecular complexity index is 1090. The number of hydrogen-bond acceptors (Lipinski definition) is 6. The molecule has 0 aliphatic carbocycles. The summed E-state index contributed by atoms with van der Waals surface area (Å²) in [7, 11) is 0. The third-order valence-corrected chi connectivity index (χ3v) is 5.55. The lowest BCUT2D eigenvalue weighted by molar-refractivity contribution is -0.132. The highest BCUT2D eigenvalue weighted by Crippen LogP contribution is 2.29. The summed E-state index contributed by atoms with van der Waals surface area (Å²) in [6, 6.07) is 9.98. The number of hydrogen-bond donors (Lipinski definition) is 1. The van der Waals surface area contributed by atoms with Gasteiger partial charge in [0.1, 0.15) is 11.6 Å². The van der Waals surface area contributed by atoms with Crippen LogP contribution in [0.5, 0.6) is 5.75 Å². The molecular formula is C24H26FN5O2. The van der Waals surface area contributed by atoms with Crippen LogP contribution < -0.4 is 10.5 Å². The zero-order chi connectivity index (χ0) is 22.5. The third kappa shape index (κ3) is 5.38. The van der Waals surface area contributed by atoms with Gasteiger partial charge in [0.15, 0.2) is 0 Å². The molecule has 2 aromatic heterocycles. The van der Waals surface area contributed by atoms with Crippen molar-refractivity contribution in [3.05, 3.63) is 66.0 Å². The number of nitrogens with zero attached hydrogens (tertiary/aromatic N) is 4. The zero-order valence-corrected chi connectivity index (χ0v) is 18.0. The van der Waals surface area contributed by atoms with Gasteiger partial charge in [-0.05, 0) is 49.6 Å². The molecule has 0 spiro atoms. The Hall–Kier alpha value is -3.55. The average molecular weight is 436 g/mol. The predicted octanol–water partition coefficient (Wildman–Crippen LogP) is 3.74. The van der Waals surface area contributed by atoms with Crippen molar-refractivity contribution in [2.24, 2.45) is 0 Å². The van der Waals surface area contributed by atoms with Crippen LogP contribution in [0.25, 0.3) is 11.1 Å². The maximum atomic E-state index is 13.3. The van der Waals surface area contributed by atoms with Gasteiger partial charge in [-0.3, -0.25) is 9.78 Å². The van der Waals surface area contributed by atoms with E-state index in [0.29, 0.717) is 12.3 Å². The van der Waals surface area contributed by atoms with Crippen LogP contribution in [-0.2, 0) is 4.79 Å². The van der Waals surface area contributed by atoms with E-state index in [-0.39, 0.29) is 36.6 Å².